The standard InChI is InChI=1S/C21H22F3NO6.Na/c1-4-30-19(28)16-11(3)25-14(10-15(26)27)18(20(29)31-5-2)17(16)12-8-6-7-9-13(12)21(22,23)24;/h6-9,17,25H,4-5,10H2,1-3H3,(H,26,27);/q;+1/p-1. The quantitative estimate of drug-likeness (QED) is 0.417. The Morgan fingerprint density at radius 3 is 2.06 bits per heavy atom. The number of halogens is 3. The molecule has 1 aromatic rings. The first kappa shape index (κ1) is 27.7. The molecule has 168 valence electrons. The number of carboxylic acid groups (broad SMARTS) is 1. The first-order valence-electron chi connectivity index (χ1n) is 9.43. The fraction of sp³-hybridized carbons (Fsp3) is 0.381. The minimum atomic E-state index is -4.80. The smallest absolute Gasteiger partial charge is 0.550 e. The van der Waals surface area contributed by atoms with E-state index in [0.717, 1.165) is 12.1 Å². The first-order chi connectivity index (χ1) is 14.5. The summed E-state index contributed by atoms with van der Waals surface area (Å²) in [5, 5.41) is 13.9. The molecule has 0 aromatic heterocycles. The van der Waals surface area contributed by atoms with Gasteiger partial charge in [-0.25, -0.2) is 9.59 Å². The molecule has 0 saturated carbocycles. The maximum atomic E-state index is 13.8. The van der Waals surface area contributed by atoms with Gasteiger partial charge in [-0.15, -0.1) is 0 Å². The van der Waals surface area contributed by atoms with Crippen molar-refractivity contribution in [1.82, 2.24) is 5.32 Å². The largest absolute Gasteiger partial charge is 1.00 e. The van der Waals surface area contributed by atoms with Crippen LogP contribution in [0.3, 0.4) is 0 Å². The second-order valence-corrected chi connectivity index (χ2v) is 6.56. The number of hydrogen-bond donors (Lipinski definition) is 1. The van der Waals surface area contributed by atoms with E-state index in [2.05, 4.69) is 5.32 Å². The van der Waals surface area contributed by atoms with Gasteiger partial charge in [0.2, 0.25) is 0 Å². The molecule has 0 spiro atoms. The van der Waals surface area contributed by atoms with Crippen molar-refractivity contribution < 1.29 is 71.7 Å². The Morgan fingerprint density at radius 2 is 1.56 bits per heavy atom. The summed E-state index contributed by atoms with van der Waals surface area (Å²) in [4.78, 5) is 36.7. The van der Waals surface area contributed by atoms with Crippen molar-refractivity contribution in [2.45, 2.75) is 39.3 Å². The summed E-state index contributed by atoms with van der Waals surface area (Å²) in [7, 11) is 0. The van der Waals surface area contributed by atoms with Crippen LogP contribution in [0.25, 0.3) is 0 Å². The summed E-state index contributed by atoms with van der Waals surface area (Å²) >= 11 is 0. The van der Waals surface area contributed by atoms with Gasteiger partial charge in [-0.2, -0.15) is 13.2 Å². The molecule has 1 N–H and O–H groups in total. The third-order valence-corrected chi connectivity index (χ3v) is 4.53. The number of hydrogen-bond acceptors (Lipinski definition) is 7. The molecule has 1 heterocycles. The summed E-state index contributed by atoms with van der Waals surface area (Å²) in [5.74, 6) is -5.13. The van der Waals surface area contributed by atoms with Gasteiger partial charge in [0.05, 0.1) is 35.8 Å². The maximum Gasteiger partial charge on any atom is 1.00 e. The molecule has 0 aliphatic carbocycles. The van der Waals surface area contributed by atoms with Crippen LogP contribution in [0, 0.1) is 0 Å². The van der Waals surface area contributed by atoms with E-state index >= 15 is 0 Å². The van der Waals surface area contributed by atoms with Crippen LogP contribution in [0.4, 0.5) is 13.2 Å². The van der Waals surface area contributed by atoms with Gasteiger partial charge >= 0.3 is 47.7 Å². The predicted octanol–water partition coefficient (Wildman–Crippen LogP) is -0.809. The van der Waals surface area contributed by atoms with Gasteiger partial charge in [-0.05, 0) is 32.4 Å². The molecule has 2 rings (SSSR count). The Labute approximate surface area is 204 Å². The van der Waals surface area contributed by atoms with E-state index in [1.165, 1.54) is 32.9 Å². The van der Waals surface area contributed by atoms with Crippen LogP contribution in [0.1, 0.15) is 44.2 Å². The molecular weight excluding hydrogens is 442 g/mol. The van der Waals surface area contributed by atoms with E-state index in [9.17, 15) is 32.7 Å². The van der Waals surface area contributed by atoms with E-state index in [1.54, 1.807) is 0 Å². The Hall–Kier alpha value is -2.30. The Morgan fingerprint density at radius 1 is 1.03 bits per heavy atom. The average molecular weight is 463 g/mol. The summed E-state index contributed by atoms with van der Waals surface area (Å²) in [6, 6.07) is 4.44. The van der Waals surface area contributed by atoms with Gasteiger partial charge in [0, 0.05) is 23.8 Å². The zero-order valence-electron chi connectivity index (χ0n) is 18.1. The van der Waals surface area contributed by atoms with Crippen molar-refractivity contribution in [3.63, 3.8) is 0 Å². The number of dihydropyridines is 1. The van der Waals surface area contributed by atoms with Gasteiger partial charge < -0.3 is 24.7 Å². The number of esters is 2. The van der Waals surface area contributed by atoms with Crippen molar-refractivity contribution in [2.75, 3.05) is 13.2 Å². The topological polar surface area (TPSA) is 105 Å². The molecule has 1 aromatic carbocycles. The first-order valence-corrected chi connectivity index (χ1v) is 9.43. The maximum absolute atomic E-state index is 13.8. The van der Waals surface area contributed by atoms with Crippen LogP contribution >= 0.6 is 0 Å². The van der Waals surface area contributed by atoms with Gasteiger partial charge in [-0.3, -0.25) is 0 Å². The number of ether oxygens (including phenoxy) is 2. The normalized spacial score (nSPS) is 16.1. The predicted molar refractivity (Wildman–Crippen MR) is 99.9 cm³/mol. The van der Waals surface area contributed by atoms with Crippen LogP contribution in [0.2, 0.25) is 0 Å². The van der Waals surface area contributed by atoms with Crippen molar-refractivity contribution in [1.29, 1.82) is 0 Å². The van der Waals surface area contributed by atoms with E-state index in [-0.39, 0.29) is 59.7 Å². The number of benzene rings is 1. The monoisotopic (exact) mass is 463 g/mol. The minimum absolute atomic E-state index is 0. The van der Waals surface area contributed by atoms with E-state index in [0.29, 0.717) is 0 Å². The molecule has 0 bridgehead atoms. The number of aliphatic carboxylic acids is 1. The number of alkyl halides is 3. The summed E-state index contributed by atoms with van der Waals surface area (Å²) in [5.41, 5.74) is -2.31. The van der Waals surface area contributed by atoms with Crippen LogP contribution in [0.5, 0.6) is 0 Å². The van der Waals surface area contributed by atoms with Gasteiger partial charge in [-0.1, -0.05) is 18.2 Å². The Balaban J connectivity index is 0.00000512. The summed E-state index contributed by atoms with van der Waals surface area (Å²) in [6.07, 6.45) is -5.60. The molecule has 0 fully saturated rings. The van der Waals surface area contributed by atoms with E-state index < -0.39 is 53.1 Å². The van der Waals surface area contributed by atoms with E-state index in [1.807, 2.05) is 0 Å². The van der Waals surface area contributed by atoms with E-state index in [4.69, 9.17) is 9.47 Å². The molecule has 11 heteroatoms. The van der Waals surface area contributed by atoms with Gasteiger partial charge in [0.25, 0.3) is 0 Å². The van der Waals surface area contributed by atoms with Crippen LogP contribution in [0.15, 0.2) is 46.8 Å². The Bertz CT molecular complexity index is 955. The third-order valence-electron chi connectivity index (χ3n) is 4.53. The molecule has 1 unspecified atom stereocenters. The van der Waals surface area contributed by atoms with Gasteiger partial charge in [0.1, 0.15) is 0 Å². The van der Waals surface area contributed by atoms with Crippen molar-refractivity contribution in [3.05, 3.63) is 57.9 Å². The van der Waals surface area contributed by atoms with Crippen LogP contribution in [-0.4, -0.2) is 31.1 Å². The SMILES string of the molecule is CCOC(=O)C1=C(C)NC(CC(=O)[O-])=C(C(=O)OCC)C1c1ccccc1C(F)(F)F.[Na+]. The molecule has 1 aliphatic heterocycles. The van der Waals surface area contributed by atoms with Crippen molar-refractivity contribution in [2.24, 2.45) is 0 Å². The second kappa shape index (κ2) is 11.5. The zero-order chi connectivity index (χ0) is 23.3. The molecule has 1 aliphatic rings. The number of rotatable bonds is 7. The van der Waals surface area contributed by atoms with Crippen molar-refractivity contribution >= 4 is 17.9 Å². The number of carboxylic acids is 1. The molecule has 1 atom stereocenters. The summed E-state index contributed by atoms with van der Waals surface area (Å²) < 4.78 is 51.3. The molecule has 0 radical (unpaired) electrons. The van der Waals surface area contributed by atoms with Crippen LogP contribution < -0.4 is 40.0 Å². The average Bonchev–Trinajstić information content (AvgIpc) is 2.66. The zero-order valence-corrected chi connectivity index (χ0v) is 20.1. The third kappa shape index (κ3) is 6.14. The number of nitrogens with one attached hydrogen (secondary N) is 1. The Kier molecular flexibility index (Phi) is 9.99. The van der Waals surface area contributed by atoms with Gasteiger partial charge in [0.15, 0.2) is 0 Å². The summed E-state index contributed by atoms with van der Waals surface area (Å²) in [6.45, 7) is 4.21. The van der Waals surface area contributed by atoms with Crippen molar-refractivity contribution in [3.8, 4) is 0 Å². The number of carbonyl (C=O) groups is 3. The molecule has 7 nitrogen and oxygen atoms in total. The number of allylic oxidation sites excluding steroid dienone is 1. The minimum Gasteiger partial charge on any atom is -0.550 e. The fourth-order valence-corrected chi connectivity index (χ4v) is 3.43. The van der Waals surface area contributed by atoms with Crippen LogP contribution in [-0.2, 0) is 30.0 Å². The molecule has 0 amide bonds. The fourth-order valence-electron chi connectivity index (χ4n) is 3.43. The second-order valence-electron chi connectivity index (χ2n) is 6.56. The molecule has 0 saturated heterocycles. The number of carbonyl (C=O) groups excluding carboxylic acids is 3. The molecule has 32 heavy (non-hydrogen) atoms. The molecular formula is C21H21F3NNaO6.